The monoisotopic (exact) mass is 373 g/mol. The number of hydrogen-bond donors (Lipinski definition) is 0. The molecule has 1 amide bonds. The molecule has 2 rings (SSSR count). The molecule has 9 heteroatoms. The summed E-state index contributed by atoms with van der Waals surface area (Å²) >= 11 is 3.05. The van der Waals surface area contributed by atoms with E-state index in [1.807, 2.05) is 0 Å². The molecule has 0 aliphatic carbocycles. The normalized spacial score (nSPS) is 17.3. The molecule has 0 aromatic heterocycles. The third-order valence-electron chi connectivity index (χ3n) is 2.70. The van der Waals surface area contributed by atoms with Gasteiger partial charge in [-0.1, -0.05) is 15.9 Å². The van der Waals surface area contributed by atoms with E-state index in [-0.39, 0.29) is 11.3 Å². The fourth-order valence-corrected chi connectivity index (χ4v) is 2.12. The van der Waals surface area contributed by atoms with Crippen molar-refractivity contribution in [2.24, 2.45) is 0 Å². The summed E-state index contributed by atoms with van der Waals surface area (Å²) in [6, 6.07) is 3.84. The summed E-state index contributed by atoms with van der Waals surface area (Å²) in [7, 11) is 0. The van der Waals surface area contributed by atoms with Crippen LogP contribution in [0.25, 0.3) is 0 Å². The van der Waals surface area contributed by atoms with E-state index in [4.69, 9.17) is 0 Å². The summed E-state index contributed by atoms with van der Waals surface area (Å²) in [5, 5.41) is 0. The summed E-state index contributed by atoms with van der Waals surface area (Å²) in [5.74, 6) is -4.04. The smallest absolute Gasteiger partial charge is 0.422 e. The molecular formula is C12H9BrF5NO2. The predicted molar refractivity (Wildman–Crippen MR) is 66.5 cm³/mol. The van der Waals surface area contributed by atoms with E-state index in [9.17, 15) is 26.7 Å². The first-order valence-corrected chi connectivity index (χ1v) is 6.53. The zero-order valence-corrected chi connectivity index (χ0v) is 12.0. The van der Waals surface area contributed by atoms with Gasteiger partial charge in [-0.25, -0.2) is 8.78 Å². The summed E-state index contributed by atoms with van der Waals surface area (Å²) in [5.41, 5.74) is -0.182. The highest BCUT2D eigenvalue weighted by atomic mass is 79.9. The molecule has 0 saturated carbocycles. The van der Waals surface area contributed by atoms with Crippen molar-refractivity contribution in [1.29, 1.82) is 0 Å². The zero-order valence-electron chi connectivity index (χ0n) is 10.4. The Balaban J connectivity index is 2.17. The van der Waals surface area contributed by atoms with Gasteiger partial charge >= 0.3 is 6.18 Å². The van der Waals surface area contributed by atoms with Crippen LogP contribution in [0, 0.1) is 0 Å². The lowest BCUT2D eigenvalue weighted by Crippen LogP contribution is -2.58. The van der Waals surface area contributed by atoms with Gasteiger partial charge in [0.1, 0.15) is 5.75 Å². The molecule has 1 aliphatic heterocycles. The molecular weight excluding hydrogens is 365 g/mol. The number of carbonyl (C=O) groups is 1. The SMILES string of the molecule is O=C(c1ccc(Br)cc1OCC(F)(F)F)N1CC(F)(F)C1. The Bertz CT molecular complexity index is 553. The molecule has 0 atom stereocenters. The minimum absolute atomic E-state index is 0.182. The average molecular weight is 374 g/mol. The summed E-state index contributed by atoms with van der Waals surface area (Å²) in [6.07, 6.45) is -4.56. The van der Waals surface area contributed by atoms with Gasteiger partial charge in [-0.15, -0.1) is 0 Å². The minimum Gasteiger partial charge on any atom is -0.483 e. The summed E-state index contributed by atoms with van der Waals surface area (Å²) < 4.78 is 67.0. The number of amides is 1. The molecule has 3 nitrogen and oxygen atoms in total. The van der Waals surface area contributed by atoms with Crippen molar-refractivity contribution in [3.63, 3.8) is 0 Å². The molecule has 0 unspecified atom stereocenters. The Labute approximate surface area is 124 Å². The quantitative estimate of drug-likeness (QED) is 0.759. The number of benzene rings is 1. The molecule has 1 aromatic rings. The molecule has 0 radical (unpaired) electrons. The van der Waals surface area contributed by atoms with Crippen LogP contribution >= 0.6 is 15.9 Å². The molecule has 21 heavy (non-hydrogen) atoms. The van der Waals surface area contributed by atoms with Gasteiger partial charge in [-0.2, -0.15) is 13.2 Å². The van der Waals surface area contributed by atoms with E-state index < -0.39 is 37.7 Å². The first-order valence-electron chi connectivity index (χ1n) is 5.74. The lowest BCUT2D eigenvalue weighted by molar-refractivity contribution is -0.153. The Kier molecular flexibility index (Phi) is 4.14. The molecule has 1 aromatic carbocycles. The van der Waals surface area contributed by atoms with E-state index in [0.29, 0.717) is 4.47 Å². The van der Waals surface area contributed by atoms with Crippen molar-refractivity contribution < 1.29 is 31.5 Å². The molecule has 1 fully saturated rings. The van der Waals surface area contributed by atoms with E-state index in [1.54, 1.807) is 0 Å². The van der Waals surface area contributed by atoms with Crippen molar-refractivity contribution in [3.8, 4) is 5.75 Å². The van der Waals surface area contributed by atoms with Gasteiger partial charge in [0.2, 0.25) is 0 Å². The number of alkyl halides is 5. The number of nitrogens with zero attached hydrogens (tertiary/aromatic N) is 1. The molecule has 1 heterocycles. The van der Waals surface area contributed by atoms with Gasteiger partial charge in [0, 0.05) is 4.47 Å². The first-order chi connectivity index (χ1) is 9.57. The fraction of sp³-hybridized carbons (Fsp3) is 0.417. The minimum atomic E-state index is -4.56. The Hall–Kier alpha value is -1.38. The average Bonchev–Trinajstić information content (AvgIpc) is 2.32. The highest BCUT2D eigenvalue weighted by Crippen LogP contribution is 2.32. The van der Waals surface area contributed by atoms with Crippen molar-refractivity contribution in [2.75, 3.05) is 19.7 Å². The van der Waals surface area contributed by atoms with E-state index >= 15 is 0 Å². The van der Waals surface area contributed by atoms with Gasteiger partial charge in [0.15, 0.2) is 6.61 Å². The van der Waals surface area contributed by atoms with Gasteiger partial charge in [-0.05, 0) is 18.2 Å². The third-order valence-corrected chi connectivity index (χ3v) is 3.19. The maximum Gasteiger partial charge on any atom is 0.422 e. The maximum atomic E-state index is 12.8. The number of carbonyl (C=O) groups excluding carboxylic acids is 1. The Morgan fingerprint density at radius 2 is 1.95 bits per heavy atom. The van der Waals surface area contributed by atoms with Gasteiger partial charge in [0.05, 0.1) is 18.7 Å². The fourth-order valence-electron chi connectivity index (χ4n) is 1.78. The van der Waals surface area contributed by atoms with Crippen LogP contribution < -0.4 is 4.74 Å². The number of rotatable bonds is 3. The Morgan fingerprint density at radius 1 is 1.33 bits per heavy atom. The maximum absolute atomic E-state index is 12.8. The highest BCUT2D eigenvalue weighted by molar-refractivity contribution is 9.10. The molecule has 0 bridgehead atoms. The highest BCUT2D eigenvalue weighted by Gasteiger charge is 2.46. The number of halogens is 6. The number of likely N-dealkylation sites (tertiary alicyclic amines) is 1. The van der Waals surface area contributed by atoms with Crippen LogP contribution in [-0.4, -0.2) is 42.6 Å². The Morgan fingerprint density at radius 3 is 2.48 bits per heavy atom. The number of ether oxygens (including phenoxy) is 1. The van der Waals surface area contributed by atoms with Crippen molar-refractivity contribution in [1.82, 2.24) is 4.90 Å². The second-order valence-corrected chi connectivity index (χ2v) is 5.48. The lowest BCUT2D eigenvalue weighted by atomic mass is 10.1. The topological polar surface area (TPSA) is 29.5 Å². The largest absolute Gasteiger partial charge is 0.483 e. The van der Waals surface area contributed by atoms with Gasteiger partial charge in [-0.3, -0.25) is 4.79 Å². The van der Waals surface area contributed by atoms with Crippen LogP contribution in [-0.2, 0) is 0 Å². The van der Waals surface area contributed by atoms with Crippen LogP contribution in [0.5, 0.6) is 5.75 Å². The molecule has 1 aliphatic rings. The standard InChI is InChI=1S/C12H9BrF5NO2/c13-7-1-2-8(9(3-7)21-6-12(16,17)18)10(20)19-4-11(14,15)5-19/h1-3H,4-6H2. The zero-order chi connectivity index (χ0) is 15.8. The lowest BCUT2D eigenvalue weighted by Gasteiger charge is -2.38. The molecule has 0 N–H and O–H groups in total. The first kappa shape index (κ1) is 16.0. The molecule has 1 saturated heterocycles. The number of hydrogen-bond acceptors (Lipinski definition) is 2. The second-order valence-electron chi connectivity index (χ2n) is 4.56. The van der Waals surface area contributed by atoms with Crippen LogP contribution in [0.2, 0.25) is 0 Å². The van der Waals surface area contributed by atoms with Crippen molar-refractivity contribution in [3.05, 3.63) is 28.2 Å². The summed E-state index contributed by atoms with van der Waals surface area (Å²) in [4.78, 5) is 12.8. The van der Waals surface area contributed by atoms with Crippen molar-refractivity contribution in [2.45, 2.75) is 12.1 Å². The van der Waals surface area contributed by atoms with Gasteiger partial charge < -0.3 is 9.64 Å². The predicted octanol–water partition coefficient (Wildman–Crippen LogP) is 3.48. The molecule has 0 spiro atoms. The van der Waals surface area contributed by atoms with E-state index in [2.05, 4.69) is 20.7 Å². The van der Waals surface area contributed by atoms with Crippen molar-refractivity contribution >= 4 is 21.8 Å². The van der Waals surface area contributed by atoms with E-state index in [1.165, 1.54) is 18.2 Å². The van der Waals surface area contributed by atoms with E-state index in [0.717, 1.165) is 4.90 Å². The van der Waals surface area contributed by atoms with Crippen LogP contribution in [0.4, 0.5) is 22.0 Å². The van der Waals surface area contributed by atoms with Crippen LogP contribution in [0.3, 0.4) is 0 Å². The third kappa shape index (κ3) is 4.05. The second kappa shape index (κ2) is 5.43. The van der Waals surface area contributed by atoms with Crippen LogP contribution in [0.15, 0.2) is 22.7 Å². The van der Waals surface area contributed by atoms with Crippen LogP contribution in [0.1, 0.15) is 10.4 Å². The van der Waals surface area contributed by atoms with Gasteiger partial charge in [0.25, 0.3) is 11.8 Å². The molecule has 116 valence electrons. The summed E-state index contributed by atoms with van der Waals surface area (Å²) in [6.45, 7) is -3.07.